The molecule has 5 nitrogen and oxygen atoms in total. The molecule has 2 atom stereocenters. The summed E-state index contributed by atoms with van der Waals surface area (Å²) in [6.07, 6.45) is 4.49. The maximum atomic E-state index is 10.8. The van der Waals surface area contributed by atoms with Crippen LogP contribution < -0.4 is 5.73 Å². The first kappa shape index (κ1) is 11.7. The summed E-state index contributed by atoms with van der Waals surface area (Å²) >= 11 is 0. The van der Waals surface area contributed by atoms with Gasteiger partial charge in [0.25, 0.3) is 0 Å². The molecule has 0 aliphatic carbocycles. The van der Waals surface area contributed by atoms with Gasteiger partial charge >= 0.3 is 5.97 Å². The lowest BCUT2D eigenvalue weighted by Gasteiger charge is -2.37. The number of rotatable bonds is 3. The smallest absolute Gasteiger partial charge is 0.371 e. The van der Waals surface area contributed by atoms with Crippen LogP contribution in [-0.4, -0.2) is 34.1 Å². The third kappa shape index (κ3) is 2.04. The monoisotopic (exact) mass is 250 g/mol. The fraction of sp³-hybridized carbons (Fsp3) is 0.615. The fourth-order valence-corrected chi connectivity index (χ4v) is 3.33. The molecule has 2 fully saturated rings. The van der Waals surface area contributed by atoms with Crippen LogP contribution in [0.5, 0.6) is 0 Å². The van der Waals surface area contributed by atoms with E-state index in [1.54, 1.807) is 6.07 Å². The zero-order valence-electron chi connectivity index (χ0n) is 10.2. The van der Waals surface area contributed by atoms with Crippen LogP contribution in [0.4, 0.5) is 0 Å². The molecule has 3 rings (SSSR count). The van der Waals surface area contributed by atoms with Crippen LogP contribution in [0.3, 0.4) is 0 Å². The van der Waals surface area contributed by atoms with Crippen LogP contribution in [0.2, 0.25) is 0 Å². The van der Waals surface area contributed by atoms with Crippen molar-refractivity contribution < 1.29 is 14.3 Å². The highest BCUT2D eigenvalue weighted by Crippen LogP contribution is 2.36. The molecule has 2 aliphatic rings. The minimum Gasteiger partial charge on any atom is -0.475 e. The summed E-state index contributed by atoms with van der Waals surface area (Å²) < 4.78 is 5.33. The number of carboxylic acid groups (broad SMARTS) is 1. The van der Waals surface area contributed by atoms with E-state index in [2.05, 4.69) is 4.90 Å². The van der Waals surface area contributed by atoms with Crippen LogP contribution in [0, 0.1) is 0 Å². The van der Waals surface area contributed by atoms with Gasteiger partial charge in [0.05, 0.1) is 6.54 Å². The molecule has 2 unspecified atom stereocenters. The highest BCUT2D eigenvalue weighted by molar-refractivity contribution is 5.84. The number of carbonyl (C=O) groups is 1. The first-order valence-electron chi connectivity index (χ1n) is 6.47. The zero-order chi connectivity index (χ0) is 12.7. The molecule has 18 heavy (non-hydrogen) atoms. The van der Waals surface area contributed by atoms with Gasteiger partial charge in [0.2, 0.25) is 5.76 Å². The Kier molecular flexibility index (Phi) is 2.87. The highest BCUT2D eigenvalue weighted by atomic mass is 16.4. The summed E-state index contributed by atoms with van der Waals surface area (Å²) in [6, 6.07) is 4.69. The molecule has 3 heterocycles. The van der Waals surface area contributed by atoms with Crippen LogP contribution >= 0.6 is 0 Å². The minimum absolute atomic E-state index is 0.0195. The molecule has 3 N–H and O–H groups in total. The summed E-state index contributed by atoms with van der Waals surface area (Å²) in [4.78, 5) is 13.2. The van der Waals surface area contributed by atoms with Gasteiger partial charge in [-0.05, 0) is 37.8 Å². The minimum atomic E-state index is -1.01. The summed E-state index contributed by atoms with van der Waals surface area (Å²) in [5, 5.41) is 8.83. The van der Waals surface area contributed by atoms with Crippen molar-refractivity contribution in [2.24, 2.45) is 5.73 Å². The van der Waals surface area contributed by atoms with E-state index in [1.807, 2.05) is 0 Å². The third-order valence-corrected chi connectivity index (χ3v) is 4.13. The van der Waals surface area contributed by atoms with Crippen molar-refractivity contribution in [3.63, 3.8) is 0 Å². The van der Waals surface area contributed by atoms with Crippen molar-refractivity contribution in [1.82, 2.24) is 4.90 Å². The van der Waals surface area contributed by atoms with Crippen molar-refractivity contribution in [1.29, 1.82) is 0 Å². The molecule has 2 bridgehead atoms. The molecular formula is C13H18N2O3. The maximum Gasteiger partial charge on any atom is 0.371 e. The Labute approximate surface area is 106 Å². The first-order valence-corrected chi connectivity index (χ1v) is 6.47. The van der Waals surface area contributed by atoms with Gasteiger partial charge < -0.3 is 15.3 Å². The van der Waals surface area contributed by atoms with Crippen LogP contribution in [0.1, 0.15) is 42.0 Å². The highest BCUT2D eigenvalue weighted by Gasteiger charge is 2.39. The predicted molar refractivity (Wildman–Crippen MR) is 65.2 cm³/mol. The number of piperidine rings is 1. The summed E-state index contributed by atoms with van der Waals surface area (Å²) in [7, 11) is 0. The number of aromatic carboxylic acids is 1. The maximum absolute atomic E-state index is 10.8. The molecule has 0 radical (unpaired) electrons. The second kappa shape index (κ2) is 4.40. The van der Waals surface area contributed by atoms with Gasteiger partial charge in [-0.3, -0.25) is 4.90 Å². The average Bonchev–Trinajstić information content (AvgIpc) is 2.85. The van der Waals surface area contributed by atoms with E-state index in [9.17, 15) is 4.79 Å². The van der Waals surface area contributed by atoms with Gasteiger partial charge in [-0.15, -0.1) is 0 Å². The van der Waals surface area contributed by atoms with Crippen molar-refractivity contribution in [2.45, 2.75) is 50.4 Å². The third-order valence-electron chi connectivity index (χ3n) is 4.13. The SMILES string of the molecule is NC1CC2CCC(C1)N2Cc1ccc(C(=O)O)o1. The topological polar surface area (TPSA) is 79.7 Å². The standard InChI is InChI=1S/C13H18N2O3/c14-8-5-9-1-2-10(6-8)15(9)7-11-3-4-12(18-11)13(16)17/h3-4,8-10H,1-2,5-7,14H2,(H,16,17). The lowest BCUT2D eigenvalue weighted by Crippen LogP contribution is -2.46. The second-order valence-electron chi connectivity index (χ2n) is 5.36. The summed E-state index contributed by atoms with van der Waals surface area (Å²) in [5.74, 6) is -0.254. The van der Waals surface area contributed by atoms with Crippen molar-refractivity contribution in [2.75, 3.05) is 0 Å². The molecule has 2 saturated heterocycles. The number of carboxylic acids is 1. The van der Waals surface area contributed by atoms with Gasteiger partial charge in [-0.25, -0.2) is 4.79 Å². The first-order chi connectivity index (χ1) is 8.63. The van der Waals surface area contributed by atoms with E-state index in [-0.39, 0.29) is 5.76 Å². The number of furan rings is 1. The van der Waals surface area contributed by atoms with Crippen molar-refractivity contribution in [3.05, 3.63) is 23.7 Å². The fourth-order valence-electron chi connectivity index (χ4n) is 3.33. The Bertz CT molecular complexity index is 443. The molecule has 98 valence electrons. The Balaban J connectivity index is 1.71. The Morgan fingerprint density at radius 1 is 1.39 bits per heavy atom. The molecule has 0 spiro atoms. The normalized spacial score (nSPS) is 31.7. The van der Waals surface area contributed by atoms with Gasteiger partial charge in [0.15, 0.2) is 0 Å². The molecular weight excluding hydrogens is 232 g/mol. The Morgan fingerprint density at radius 2 is 2.06 bits per heavy atom. The van der Waals surface area contributed by atoms with E-state index in [0.29, 0.717) is 24.7 Å². The summed E-state index contributed by atoms with van der Waals surface area (Å²) in [6.45, 7) is 0.704. The zero-order valence-corrected chi connectivity index (χ0v) is 10.2. The molecule has 1 aromatic rings. The van der Waals surface area contributed by atoms with Gasteiger partial charge in [-0.1, -0.05) is 0 Å². The van der Waals surface area contributed by atoms with Crippen molar-refractivity contribution in [3.8, 4) is 0 Å². The van der Waals surface area contributed by atoms with Gasteiger partial charge in [-0.2, -0.15) is 0 Å². The number of nitrogens with two attached hydrogens (primary N) is 1. The number of hydrogen-bond donors (Lipinski definition) is 2. The van der Waals surface area contributed by atoms with E-state index in [0.717, 1.165) is 18.6 Å². The molecule has 1 aromatic heterocycles. The Hall–Kier alpha value is -1.33. The van der Waals surface area contributed by atoms with Crippen molar-refractivity contribution >= 4 is 5.97 Å². The predicted octanol–water partition coefficient (Wildman–Crippen LogP) is 1.43. The van der Waals surface area contributed by atoms with Gasteiger partial charge in [0, 0.05) is 18.1 Å². The second-order valence-corrected chi connectivity index (χ2v) is 5.36. The lowest BCUT2D eigenvalue weighted by molar-refractivity contribution is 0.0653. The molecule has 0 aromatic carbocycles. The Morgan fingerprint density at radius 3 is 2.61 bits per heavy atom. The van der Waals surface area contributed by atoms with Crippen LogP contribution in [-0.2, 0) is 6.54 Å². The summed E-state index contributed by atoms with van der Waals surface area (Å²) in [5.41, 5.74) is 6.03. The quantitative estimate of drug-likeness (QED) is 0.848. The van der Waals surface area contributed by atoms with E-state index in [1.165, 1.54) is 18.9 Å². The van der Waals surface area contributed by atoms with E-state index in [4.69, 9.17) is 15.3 Å². The molecule has 0 saturated carbocycles. The van der Waals surface area contributed by atoms with E-state index < -0.39 is 5.97 Å². The number of nitrogens with zero attached hydrogens (tertiary/aromatic N) is 1. The largest absolute Gasteiger partial charge is 0.475 e. The average molecular weight is 250 g/mol. The molecule has 2 aliphatic heterocycles. The number of hydrogen-bond acceptors (Lipinski definition) is 4. The lowest BCUT2D eigenvalue weighted by atomic mass is 9.98. The molecule has 0 amide bonds. The molecule has 5 heteroatoms. The van der Waals surface area contributed by atoms with E-state index >= 15 is 0 Å². The number of fused-ring (bicyclic) bond motifs is 2. The van der Waals surface area contributed by atoms with Crippen LogP contribution in [0.25, 0.3) is 0 Å². The van der Waals surface area contributed by atoms with Gasteiger partial charge in [0.1, 0.15) is 5.76 Å². The van der Waals surface area contributed by atoms with Crippen LogP contribution in [0.15, 0.2) is 16.5 Å².